The fourth-order valence-electron chi connectivity index (χ4n) is 3.83. The predicted molar refractivity (Wildman–Crippen MR) is 126 cm³/mol. The van der Waals surface area contributed by atoms with Crippen molar-refractivity contribution in [1.82, 2.24) is 19.7 Å². The van der Waals surface area contributed by atoms with E-state index in [4.69, 9.17) is 16.1 Å². The molecule has 3 aromatic heterocycles. The van der Waals surface area contributed by atoms with Gasteiger partial charge in [0.2, 0.25) is 11.7 Å². The summed E-state index contributed by atoms with van der Waals surface area (Å²) in [5, 5.41) is 14.5. The van der Waals surface area contributed by atoms with E-state index < -0.39 is 23.1 Å². The number of nitrogens with zero attached hydrogens (tertiary/aromatic N) is 5. The quantitative estimate of drug-likeness (QED) is 0.401. The number of pyridine rings is 1. The van der Waals surface area contributed by atoms with Crippen LogP contribution in [0.3, 0.4) is 0 Å². The Bertz CT molecular complexity index is 1400. The Morgan fingerprint density at radius 3 is 2.74 bits per heavy atom. The van der Waals surface area contributed by atoms with Crippen molar-refractivity contribution in [2.24, 2.45) is 7.05 Å². The molecule has 9 nitrogen and oxygen atoms in total. The molecule has 34 heavy (non-hydrogen) atoms. The molecule has 1 atom stereocenters. The number of halogens is 1. The van der Waals surface area contributed by atoms with E-state index in [1.807, 2.05) is 37.3 Å². The second kappa shape index (κ2) is 9.48. The third kappa shape index (κ3) is 4.42. The molecule has 4 rings (SSSR count). The van der Waals surface area contributed by atoms with Crippen LogP contribution < -0.4 is 10.5 Å². The van der Waals surface area contributed by atoms with Gasteiger partial charge in [0.05, 0.1) is 12.2 Å². The predicted octanol–water partition coefficient (Wildman–Crippen LogP) is 3.48. The summed E-state index contributed by atoms with van der Waals surface area (Å²) in [7, 11) is 3.23. The van der Waals surface area contributed by atoms with Gasteiger partial charge in [0.15, 0.2) is 11.5 Å². The van der Waals surface area contributed by atoms with Crippen molar-refractivity contribution in [1.29, 1.82) is 0 Å². The van der Waals surface area contributed by atoms with Gasteiger partial charge in [-0.05, 0) is 36.2 Å². The number of ketones is 1. The normalized spacial score (nSPS) is 11.9. The first-order valence-electron chi connectivity index (χ1n) is 10.4. The molecule has 1 unspecified atom stereocenters. The van der Waals surface area contributed by atoms with Gasteiger partial charge < -0.3 is 14.5 Å². The molecule has 0 aliphatic carbocycles. The van der Waals surface area contributed by atoms with Gasteiger partial charge in [-0.3, -0.25) is 19.1 Å². The van der Waals surface area contributed by atoms with Gasteiger partial charge in [0.25, 0.3) is 5.56 Å². The molecule has 0 aliphatic heterocycles. The van der Waals surface area contributed by atoms with Crippen LogP contribution in [0.4, 0.5) is 5.95 Å². The molecular weight excluding hydrogens is 458 g/mol. The Hall–Kier alpha value is -3.98. The average Bonchev–Trinajstić information content (AvgIpc) is 3.32. The van der Waals surface area contributed by atoms with E-state index in [0.29, 0.717) is 10.6 Å². The maximum Gasteiger partial charge on any atom is 0.297 e. The molecule has 10 heteroatoms. The van der Waals surface area contributed by atoms with Crippen molar-refractivity contribution < 1.29 is 14.4 Å². The Morgan fingerprint density at radius 2 is 2.06 bits per heavy atom. The first-order valence-corrected chi connectivity index (χ1v) is 10.8. The maximum absolute atomic E-state index is 12.9. The summed E-state index contributed by atoms with van der Waals surface area (Å²) in [6.45, 7) is 1.88. The van der Waals surface area contributed by atoms with Crippen molar-refractivity contribution in [2.75, 3.05) is 11.9 Å². The summed E-state index contributed by atoms with van der Waals surface area (Å²) in [6.07, 6.45) is 4.28. The Labute approximate surface area is 200 Å². The van der Waals surface area contributed by atoms with E-state index in [-0.39, 0.29) is 18.1 Å². The molecule has 0 aliphatic rings. The summed E-state index contributed by atoms with van der Waals surface area (Å²) in [6, 6.07) is 10.7. The lowest BCUT2D eigenvalue weighted by Crippen LogP contribution is -2.34. The Morgan fingerprint density at radius 1 is 1.29 bits per heavy atom. The minimum Gasteiger partial charge on any atom is -0.501 e. The van der Waals surface area contributed by atoms with Gasteiger partial charge in [0, 0.05) is 43.0 Å². The summed E-state index contributed by atoms with van der Waals surface area (Å²) in [5.41, 5.74) is 1.88. The van der Waals surface area contributed by atoms with E-state index in [1.165, 1.54) is 24.1 Å². The lowest BCUT2D eigenvalue weighted by molar-refractivity contribution is 0.0984. The summed E-state index contributed by atoms with van der Waals surface area (Å²) in [5.74, 6) is -1.08. The molecule has 4 aromatic rings. The van der Waals surface area contributed by atoms with Gasteiger partial charge in [-0.2, -0.15) is 0 Å². The number of hydrogen-bond acceptors (Lipinski definition) is 8. The lowest BCUT2D eigenvalue weighted by atomic mass is 9.97. The highest BCUT2D eigenvalue weighted by Crippen LogP contribution is 2.35. The molecule has 0 saturated carbocycles. The zero-order chi connectivity index (χ0) is 24.4. The molecular formula is C24H22ClN5O4. The Kier molecular flexibility index (Phi) is 6.47. The maximum atomic E-state index is 12.9. The number of aryl methyl sites for hydroxylation is 1. The number of hydrogen-bond donors (Lipinski definition) is 1. The third-order valence-electron chi connectivity index (χ3n) is 5.49. The number of aromatic nitrogens is 4. The van der Waals surface area contributed by atoms with Gasteiger partial charge >= 0.3 is 0 Å². The van der Waals surface area contributed by atoms with Crippen LogP contribution >= 0.6 is 11.6 Å². The van der Waals surface area contributed by atoms with Gasteiger partial charge in [-0.1, -0.05) is 35.0 Å². The minimum absolute atomic E-state index is 0.127. The number of aromatic hydroxyl groups is 1. The van der Waals surface area contributed by atoms with E-state index in [0.717, 1.165) is 16.8 Å². The zero-order valence-electron chi connectivity index (χ0n) is 18.8. The van der Waals surface area contributed by atoms with Crippen LogP contribution in [0.15, 0.2) is 64.4 Å². The fraction of sp³-hybridized carbons (Fsp3) is 0.208. The van der Waals surface area contributed by atoms with Gasteiger partial charge in [0.1, 0.15) is 6.26 Å². The topological polar surface area (TPSA) is 114 Å². The molecule has 0 saturated heterocycles. The van der Waals surface area contributed by atoms with Gasteiger partial charge in [-0.25, -0.2) is 4.98 Å². The number of rotatable bonds is 7. The number of anilines is 1. The molecule has 1 aromatic carbocycles. The van der Waals surface area contributed by atoms with Crippen molar-refractivity contribution in [2.45, 2.75) is 19.4 Å². The molecule has 1 N–H and O–H groups in total. The molecule has 0 radical (unpaired) electrons. The van der Waals surface area contributed by atoms with Crippen molar-refractivity contribution in [3.63, 3.8) is 0 Å². The monoisotopic (exact) mass is 479 g/mol. The van der Waals surface area contributed by atoms with Crippen LogP contribution in [-0.4, -0.2) is 37.6 Å². The zero-order valence-corrected chi connectivity index (χ0v) is 19.5. The number of benzene rings is 1. The minimum atomic E-state index is -0.741. The molecule has 0 spiro atoms. The Balaban J connectivity index is 1.85. The van der Waals surface area contributed by atoms with Crippen LogP contribution in [0.25, 0.3) is 0 Å². The van der Waals surface area contributed by atoms with Crippen molar-refractivity contribution in [3.05, 3.63) is 98.5 Å². The highest BCUT2D eigenvalue weighted by atomic mass is 35.5. The van der Waals surface area contributed by atoms with Crippen LogP contribution in [0.5, 0.6) is 5.75 Å². The van der Waals surface area contributed by atoms with Crippen LogP contribution in [0.2, 0.25) is 5.02 Å². The molecule has 0 bridgehead atoms. The van der Waals surface area contributed by atoms with Crippen molar-refractivity contribution >= 4 is 23.3 Å². The summed E-state index contributed by atoms with van der Waals surface area (Å²) >= 11 is 6.56. The van der Waals surface area contributed by atoms with E-state index in [2.05, 4.69) is 15.1 Å². The second-order valence-corrected chi connectivity index (χ2v) is 8.28. The average molecular weight is 480 g/mol. The molecule has 174 valence electrons. The smallest absolute Gasteiger partial charge is 0.297 e. The van der Waals surface area contributed by atoms with Crippen LogP contribution in [-0.2, 0) is 13.5 Å². The standard InChI is InChI=1S/C24H22ClN5O4/c1-14-10-16(8-9-26-14)21(17-6-4-5-7-18(17)25)29(2)24-28-20(22(32)23(33)30(24)3)19(31)11-15-12-27-34-13-15/h4-10,12-13,21,32H,11H2,1-3H3. The summed E-state index contributed by atoms with van der Waals surface area (Å²) < 4.78 is 5.96. The summed E-state index contributed by atoms with van der Waals surface area (Å²) in [4.78, 5) is 36.2. The number of Topliss-reactive ketones (excluding diaryl/α,β-unsaturated/α-hetero) is 1. The SMILES string of the molecule is Cc1cc(C(c2ccccc2Cl)N(C)c2nc(C(=O)Cc3cnoc3)c(O)c(=O)n2C)ccn1. The fourth-order valence-corrected chi connectivity index (χ4v) is 4.07. The first kappa shape index (κ1) is 23.2. The third-order valence-corrected chi connectivity index (χ3v) is 5.84. The van der Waals surface area contributed by atoms with E-state index in [1.54, 1.807) is 24.2 Å². The molecule has 3 heterocycles. The van der Waals surface area contributed by atoms with E-state index in [9.17, 15) is 14.7 Å². The van der Waals surface area contributed by atoms with Gasteiger partial charge in [-0.15, -0.1) is 0 Å². The molecule has 0 fully saturated rings. The molecule has 0 amide bonds. The van der Waals surface area contributed by atoms with Crippen molar-refractivity contribution in [3.8, 4) is 5.75 Å². The first-order chi connectivity index (χ1) is 16.3. The second-order valence-electron chi connectivity index (χ2n) is 7.87. The largest absolute Gasteiger partial charge is 0.501 e. The highest BCUT2D eigenvalue weighted by molar-refractivity contribution is 6.31. The van der Waals surface area contributed by atoms with E-state index >= 15 is 0 Å². The van der Waals surface area contributed by atoms with Crippen LogP contribution in [0.1, 0.15) is 38.9 Å². The lowest BCUT2D eigenvalue weighted by Gasteiger charge is -2.31. The highest BCUT2D eigenvalue weighted by Gasteiger charge is 2.28. The van der Waals surface area contributed by atoms with Crippen LogP contribution in [0, 0.1) is 6.92 Å². The number of carbonyl (C=O) groups is 1. The number of carbonyl (C=O) groups excluding carboxylic acids is 1.